The van der Waals surface area contributed by atoms with Crippen molar-refractivity contribution in [3.8, 4) is 0 Å². The van der Waals surface area contributed by atoms with E-state index < -0.39 is 0 Å². The van der Waals surface area contributed by atoms with E-state index in [-0.39, 0.29) is 6.04 Å². The van der Waals surface area contributed by atoms with Crippen molar-refractivity contribution < 1.29 is 4.42 Å². The summed E-state index contributed by atoms with van der Waals surface area (Å²) in [6.45, 7) is 4.16. The van der Waals surface area contributed by atoms with E-state index in [0.29, 0.717) is 4.67 Å². The van der Waals surface area contributed by atoms with E-state index in [2.05, 4.69) is 53.4 Å². The molecule has 1 aromatic carbocycles. The molecule has 4 heteroatoms. The van der Waals surface area contributed by atoms with Crippen molar-refractivity contribution in [3.63, 3.8) is 0 Å². The highest BCUT2D eigenvalue weighted by atomic mass is 79.9. The molecule has 0 fully saturated rings. The maximum atomic E-state index is 5.65. The van der Waals surface area contributed by atoms with Crippen molar-refractivity contribution in [2.75, 3.05) is 0 Å². The summed E-state index contributed by atoms with van der Waals surface area (Å²) in [5.41, 5.74) is 7.40. The Labute approximate surface area is 109 Å². The second-order valence-electron chi connectivity index (χ2n) is 4.17. The molecule has 3 nitrogen and oxygen atoms in total. The zero-order valence-corrected chi connectivity index (χ0v) is 11.4. The molecule has 2 rings (SSSR count). The number of nitrogens with one attached hydrogen (secondary N) is 1. The predicted octanol–water partition coefficient (Wildman–Crippen LogP) is 3.21. The molecule has 0 bridgehead atoms. The summed E-state index contributed by atoms with van der Waals surface area (Å²) in [4.78, 5) is 0. The minimum atomic E-state index is -0.0678. The van der Waals surface area contributed by atoms with Crippen LogP contribution in [0.3, 0.4) is 0 Å². The highest BCUT2D eigenvalue weighted by Gasteiger charge is 2.17. The van der Waals surface area contributed by atoms with Gasteiger partial charge < -0.3 is 4.42 Å². The van der Waals surface area contributed by atoms with Crippen molar-refractivity contribution in [3.05, 3.63) is 57.5 Å². The summed E-state index contributed by atoms with van der Waals surface area (Å²) < 4.78 is 5.96. The average Bonchev–Trinajstić information content (AvgIpc) is 2.65. The van der Waals surface area contributed by atoms with Crippen LogP contribution >= 0.6 is 15.9 Å². The fourth-order valence-electron chi connectivity index (χ4n) is 2.05. The van der Waals surface area contributed by atoms with Crippen molar-refractivity contribution in [2.45, 2.75) is 19.9 Å². The van der Waals surface area contributed by atoms with Crippen LogP contribution in [-0.4, -0.2) is 0 Å². The van der Waals surface area contributed by atoms with Crippen LogP contribution in [0.2, 0.25) is 0 Å². The predicted molar refractivity (Wildman–Crippen MR) is 71.5 cm³/mol. The number of furan rings is 1. The van der Waals surface area contributed by atoms with Crippen LogP contribution in [0, 0.1) is 13.8 Å². The molecule has 2 aromatic rings. The Morgan fingerprint density at radius 2 is 1.88 bits per heavy atom. The van der Waals surface area contributed by atoms with Gasteiger partial charge in [-0.3, -0.25) is 5.84 Å². The summed E-state index contributed by atoms with van der Waals surface area (Å²) >= 11 is 3.38. The second-order valence-corrected chi connectivity index (χ2v) is 4.89. The molecule has 0 saturated heterocycles. The van der Waals surface area contributed by atoms with Gasteiger partial charge in [-0.2, -0.15) is 0 Å². The fraction of sp³-hybridized carbons (Fsp3) is 0.231. The van der Waals surface area contributed by atoms with Gasteiger partial charge in [0.2, 0.25) is 0 Å². The first-order valence-electron chi connectivity index (χ1n) is 5.39. The Morgan fingerprint density at radius 3 is 2.35 bits per heavy atom. The Balaban J connectivity index is 2.45. The average molecular weight is 295 g/mol. The molecular weight excluding hydrogens is 280 g/mol. The monoisotopic (exact) mass is 294 g/mol. The van der Waals surface area contributed by atoms with Gasteiger partial charge in [-0.25, -0.2) is 5.43 Å². The van der Waals surface area contributed by atoms with E-state index in [0.717, 1.165) is 11.1 Å². The number of benzene rings is 1. The Kier molecular flexibility index (Phi) is 3.66. The molecule has 0 aliphatic carbocycles. The molecule has 0 aliphatic rings. The smallest absolute Gasteiger partial charge is 0.174 e. The number of rotatable bonds is 3. The minimum Gasteiger partial charge on any atom is -0.457 e. The van der Waals surface area contributed by atoms with Crippen LogP contribution in [0.25, 0.3) is 0 Å². The molecule has 0 aliphatic heterocycles. The molecule has 3 N–H and O–H groups in total. The van der Waals surface area contributed by atoms with Gasteiger partial charge in [-0.05, 0) is 41.4 Å². The van der Waals surface area contributed by atoms with E-state index in [4.69, 9.17) is 10.3 Å². The first-order chi connectivity index (χ1) is 8.11. The molecule has 90 valence electrons. The molecule has 0 amide bonds. The van der Waals surface area contributed by atoms with Crippen molar-refractivity contribution in [1.82, 2.24) is 5.43 Å². The van der Waals surface area contributed by atoms with Gasteiger partial charge in [0, 0.05) is 5.56 Å². The molecule has 0 saturated carbocycles. The van der Waals surface area contributed by atoms with Gasteiger partial charge >= 0.3 is 0 Å². The van der Waals surface area contributed by atoms with Gasteiger partial charge in [0.05, 0.1) is 12.3 Å². The number of hydrazine groups is 1. The lowest BCUT2D eigenvalue weighted by atomic mass is 9.98. The lowest BCUT2D eigenvalue weighted by Crippen LogP contribution is -2.28. The third-order valence-corrected chi connectivity index (χ3v) is 3.35. The third-order valence-electron chi connectivity index (χ3n) is 2.70. The summed E-state index contributed by atoms with van der Waals surface area (Å²) in [5, 5.41) is 0. The summed E-state index contributed by atoms with van der Waals surface area (Å²) in [6.07, 6.45) is 1.65. The first-order valence-corrected chi connectivity index (χ1v) is 6.18. The fourth-order valence-corrected chi connectivity index (χ4v) is 2.52. The van der Waals surface area contributed by atoms with Crippen LogP contribution in [-0.2, 0) is 0 Å². The topological polar surface area (TPSA) is 51.2 Å². The summed E-state index contributed by atoms with van der Waals surface area (Å²) in [5.74, 6) is 5.65. The first kappa shape index (κ1) is 12.4. The van der Waals surface area contributed by atoms with Gasteiger partial charge in [-0.1, -0.05) is 29.3 Å². The molecule has 0 radical (unpaired) electrons. The van der Waals surface area contributed by atoms with Crippen LogP contribution in [0.1, 0.15) is 28.3 Å². The van der Waals surface area contributed by atoms with Crippen LogP contribution in [0.15, 0.2) is 39.6 Å². The van der Waals surface area contributed by atoms with E-state index in [1.807, 2.05) is 6.07 Å². The number of hydrogen-bond donors (Lipinski definition) is 2. The molecule has 17 heavy (non-hydrogen) atoms. The SMILES string of the molecule is Cc1cc(C)cc(C(NN)c2ccoc2Br)c1. The quantitative estimate of drug-likeness (QED) is 0.675. The molecular formula is C13H15BrN2O. The zero-order chi connectivity index (χ0) is 12.4. The van der Waals surface area contributed by atoms with E-state index in [1.165, 1.54) is 11.1 Å². The lowest BCUT2D eigenvalue weighted by molar-refractivity contribution is 0.526. The number of halogens is 1. The van der Waals surface area contributed by atoms with Gasteiger partial charge in [0.1, 0.15) is 0 Å². The number of aryl methyl sites for hydroxylation is 2. The van der Waals surface area contributed by atoms with E-state index >= 15 is 0 Å². The van der Waals surface area contributed by atoms with Gasteiger partial charge in [-0.15, -0.1) is 0 Å². The molecule has 1 unspecified atom stereocenters. The highest BCUT2D eigenvalue weighted by molar-refractivity contribution is 9.10. The molecule has 1 aromatic heterocycles. The summed E-state index contributed by atoms with van der Waals surface area (Å²) in [6, 6.07) is 8.23. The standard InChI is InChI=1S/C13H15BrN2O/c1-8-5-9(2)7-10(6-8)12(16-15)11-3-4-17-13(11)14/h3-7,12,16H,15H2,1-2H3. The normalized spacial score (nSPS) is 12.7. The third kappa shape index (κ3) is 2.60. The van der Waals surface area contributed by atoms with Crippen molar-refractivity contribution in [2.24, 2.45) is 5.84 Å². The van der Waals surface area contributed by atoms with Crippen molar-refractivity contribution in [1.29, 1.82) is 0 Å². The van der Waals surface area contributed by atoms with Gasteiger partial charge in [0.15, 0.2) is 4.67 Å². The summed E-state index contributed by atoms with van der Waals surface area (Å²) in [7, 11) is 0. The molecule has 1 atom stereocenters. The van der Waals surface area contributed by atoms with E-state index in [1.54, 1.807) is 6.26 Å². The van der Waals surface area contributed by atoms with E-state index in [9.17, 15) is 0 Å². The maximum absolute atomic E-state index is 5.65. The minimum absolute atomic E-state index is 0.0678. The Bertz CT molecular complexity index is 502. The molecule has 1 heterocycles. The Morgan fingerprint density at radius 1 is 1.24 bits per heavy atom. The Hall–Kier alpha value is -1.10. The zero-order valence-electron chi connectivity index (χ0n) is 9.83. The maximum Gasteiger partial charge on any atom is 0.174 e. The van der Waals surface area contributed by atoms with Crippen LogP contribution in [0.5, 0.6) is 0 Å². The molecule has 0 spiro atoms. The lowest BCUT2D eigenvalue weighted by Gasteiger charge is -2.16. The van der Waals surface area contributed by atoms with Gasteiger partial charge in [0.25, 0.3) is 0 Å². The van der Waals surface area contributed by atoms with Crippen molar-refractivity contribution >= 4 is 15.9 Å². The van der Waals surface area contributed by atoms with Crippen LogP contribution < -0.4 is 11.3 Å². The highest BCUT2D eigenvalue weighted by Crippen LogP contribution is 2.29. The number of hydrogen-bond acceptors (Lipinski definition) is 3. The largest absolute Gasteiger partial charge is 0.457 e. The second kappa shape index (κ2) is 5.04. The van der Waals surface area contributed by atoms with Crippen LogP contribution in [0.4, 0.5) is 0 Å². The number of nitrogens with two attached hydrogens (primary N) is 1.